The summed E-state index contributed by atoms with van der Waals surface area (Å²) in [5, 5.41) is 6.46. The summed E-state index contributed by atoms with van der Waals surface area (Å²) >= 11 is 0. The Hall–Kier alpha value is -3.00. The van der Waals surface area contributed by atoms with Gasteiger partial charge in [0.2, 0.25) is 5.88 Å². The second kappa shape index (κ2) is 7.85. The molecule has 0 saturated carbocycles. The van der Waals surface area contributed by atoms with E-state index in [1.165, 1.54) is 19.7 Å². The van der Waals surface area contributed by atoms with Gasteiger partial charge in [-0.25, -0.2) is 9.97 Å². The van der Waals surface area contributed by atoms with Gasteiger partial charge in [0.25, 0.3) is 0 Å². The maximum atomic E-state index is 11.8. The first kappa shape index (κ1) is 16.4. The van der Waals surface area contributed by atoms with E-state index < -0.39 is 0 Å². The Bertz CT molecular complexity index is 701. The Morgan fingerprint density at radius 1 is 1.35 bits per heavy atom. The van der Waals surface area contributed by atoms with Gasteiger partial charge in [-0.2, -0.15) is 0 Å². The molecule has 8 heteroatoms. The number of likely N-dealkylation sites (N-methyl/N-ethyl adjacent to an activating group) is 1. The van der Waals surface area contributed by atoms with Gasteiger partial charge in [-0.15, -0.1) is 0 Å². The summed E-state index contributed by atoms with van der Waals surface area (Å²) < 4.78 is 5.68. The highest BCUT2D eigenvalue weighted by Crippen LogP contribution is 2.24. The van der Waals surface area contributed by atoms with Crippen LogP contribution in [0.4, 0.5) is 5.82 Å². The summed E-state index contributed by atoms with van der Waals surface area (Å²) in [5.41, 5.74) is 6.78. The number of carbonyl (C=O) groups excluding carboxylic acids is 1. The number of Topliss-reactive ketones (excluding diaryl/α,β-unsaturated/α-hetero) is 1. The molecule has 0 unspecified atom stereocenters. The van der Waals surface area contributed by atoms with Crippen molar-refractivity contribution in [2.45, 2.75) is 0 Å². The van der Waals surface area contributed by atoms with E-state index in [0.717, 1.165) is 0 Å². The van der Waals surface area contributed by atoms with Crippen molar-refractivity contribution in [2.75, 3.05) is 26.4 Å². The molecule has 8 nitrogen and oxygen atoms in total. The molecule has 0 aliphatic rings. The average Bonchev–Trinajstić information content (AvgIpc) is 2.55. The minimum absolute atomic E-state index is 0.00162. The number of anilines is 1. The molecule has 0 amide bonds. The summed E-state index contributed by atoms with van der Waals surface area (Å²) in [5.74, 6) is 0.971. The van der Waals surface area contributed by atoms with E-state index in [4.69, 9.17) is 10.5 Å². The number of aromatic nitrogens is 2. The minimum atomic E-state index is -0.00162. The number of hydrogen-bond donors (Lipinski definition) is 2. The van der Waals surface area contributed by atoms with Crippen molar-refractivity contribution in [3.05, 3.63) is 41.7 Å². The molecular formula is C15H17N5O3. The topological polar surface area (TPSA) is 112 Å². The van der Waals surface area contributed by atoms with E-state index in [2.05, 4.69) is 25.3 Å². The van der Waals surface area contributed by atoms with E-state index in [9.17, 15) is 4.79 Å². The van der Waals surface area contributed by atoms with Crippen LogP contribution in [0.3, 0.4) is 0 Å². The van der Waals surface area contributed by atoms with Crippen LogP contribution in [-0.2, 0) is 4.84 Å². The summed E-state index contributed by atoms with van der Waals surface area (Å²) in [4.78, 5) is 24.3. The van der Waals surface area contributed by atoms with E-state index in [0.29, 0.717) is 16.9 Å². The maximum absolute atomic E-state index is 11.8. The predicted molar refractivity (Wildman–Crippen MR) is 85.8 cm³/mol. The lowest BCUT2D eigenvalue weighted by Gasteiger charge is -2.09. The zero-order chi connectivity index (χ0) is 16.7. The number of nitrogens with zero attached hydrogens (tertiary/aromatic N) is 3. The van der Waals surface area contributed by atoms with Crippen LogP contribution in [0, 0.1) is 0 Å². The summed E-state index contributed by atoms with van der Waals surface area (Å²) in [6, 6.07) is 6.72. The van der Waals surface area contributed by atoms with Gasteiger partial charge in [0, 0.05) is 5.56 Å². The fourth-order valence-electron chi connectivity index (χ4n) is 1.78. The first-order chi connectivity index (χ1) is 11.2. The number of benzene rings is 1. The van der Waals surface area contributed by atoms with E-state index in [1.54, 1.807) is 31.3 Å². The molecule has 3 N–H and O–H groups in total. The Morgan fingerprint density at radius 2 is 2.09 bits per heavy atom. The molecule has 2 rings (SSSR count). The molecular weight excluding hydrogens is 298 g/mol. The van der Waals surface area contributed by atoms with Crippen LogP contribution in [0.15, 0.2) is 35.7 Å². The minimum Gasteiger partial charge on any atom is -0.438 e. The Balaban J connectivity index is 2.21. The maximum Gasteiger partial charge on any atom is 0.233 e. The normalized spacial score (nSPS) is 10.7. The van der Waals surface area contributed by atoms with Crippen LogP contribution in [0.5, 0.6) is 11.6 Å². The fraction of sp³-hybridized carbons (Fsp3) is 0.200. The molecule has 0 aliphatic heterocycles. The highest BCUT2D eigenvalue weighted by Gasteiger charge is 2.11. The Kier molecular flexibility index (Phi) is 5.59. The van der Waals surface area contributed by atoms with E-state index in [1.807, 2.05) is 0 Å². The lowest BCUT2D eigenvalue weighted by molar-refractivity contribution is 0.0993. The van der Waals surface area contributed by atoms with Gasteiger partial charge in [0.15, 0.2) is 5.78 Å². The van der Waals surface area contributed by atoms with Crippen LogP contribution < -0.4 is 15.8 Å². The number of ketones is 1. The molecule has 1 aromatic heterocycles. The monoisotopic (exact) mass is 315 g/mol. The summed E-state index contributed by atoms with van der Waals surface area (Å²) in [7, 11) is 3.13. The fourth-order valence-corrected chi connectivity index (χ4v) is 1.78. The standard InChI is InChI=1S/C15H17N5O3/c1-17-8-13(21)10-3-5-11(6-4-10)23-15-12(7-20-22-2)14(16)18-9-19-15/h3-7,9,17H,8H2,1-2H3,(H2,16,18,19)/b20-7+. The van der Waals surface area contributed by atoms with Crippen LogP contribution in [0.1, 0.15) is 15.9 Å². The molecule has 0 atom stereocenters. The smallest absolute Gasteiger partial charge is 0.233 e. The van der Waals surface area contributed by atoms with Crippen LogP contribution >= 0.6 is 0 Å². The molecule has 1 aromatic carbocycles. The van der Waals surface area contributed by atoms with Crippen molar-refractivity contribution in [3.8, 4) is 11.6 Å². The SMILES string of the molecule is CNCC(=O)c1ccc(Oc2ncnc(N)c2/C=N/OC)cc1. The molecule has 1 heterocycles. The predicted octanol–water partition coefficient (Wildman–Crippen LogP) is 1.23. The Morgan fingerprint density at radius 3 is 2.74 bits per heavy atom. The van der Waals surface area contributed by atoms with Crippen molar-refractivity contribution in [1.29, 1.82) is 0 Å². The molecule has 0 radical (unpaired) electrons. The molecule has 0 bridgehead atoms. The second-order valence-electron chi connectivity index (χ2n) is 4.47. The van der Waals surface area contributed by atoms with E-state index in [-0.39, 0.29) is 24.0 Å². The highest BCUT2D eigenvalue weighted by atomic mass is 16.6. The number of nitrogens with one attached hydrogen (secondary N) is 1. The first-order valence-corrected chi connectivity index (χ1v) is 6.78. The third kappa shape index (κ3) is 4.24. The number of nitrogens with two attached hydrogens (primary N) is 1. The number of hydrogen-bond acceptors (Lipinski definition) is 8. The molecule has 23 heavy (non-hydrogen) atoms. The van der Waals surface area contributed by atoms with Crippen LogP contribution in [0.2, 0.25) is 0 Å². The number of rotatable bonds is 7. The third-order valence-electron chi connectivity index (χ3n) is 2.89. The third-order valence-corrected chi connectivity index (χ3v) is 2.89. The molecule has 2 aromatic rings. The van der Waals surface area contributed by atoms with Gasteiger partial charge in [-0.05, 0) is 31.3 Å². The molecule has 0 fully saturated rings. The number of oxime groups is 1. The quantitative estimate of drug-likeness (QED) is 0.449. The molecule has 0 aliphatic carbocycles. The van der Waals surface area contributed by atoms with Gasteiger partial charge in [-0.3, -0.25) is 4.79 Å². The average molecular weight is 315 g/mol. The summed E-state index contributed by atoms with van der Waals surface area (Å²) in [6.45, 7) is 0.278. The largest absolute Gasteiger partial charge is 0.438 e. The number of ether oxygens (including phenoxy) is 1. The van der Waals surface area contributed by atoms with Gasteiger partial charge >= 0.3 is 0 Å². The summed E-state index contributed by atoms with van der Waals surface area (Å²) in [6.07, 6.45) is 2.66. The number of nitrogen functional groups attached to an aromatic ring is 1. The van der Waals surface area contributed by atoms with Gasteiger partial charge < -0.3 is 20.6 Å². The van der Waals surface area contributed by atoms with Crippen molar-refractivity contribution in [2.24, 2.45) is 5.16 Å². The molecule has 120 valence electrons. The highest BCUT2D eigenvalue weighted by molar-refractivity contribution is 5.97. The van der Waals surface area contributed by atoms with Crippen LogP contribution in [0.25, 0.3) is 0 Å². The van der Waals surface area contributed by atoms with Crippen molar-refractivity contribution in [3.63, 3.8) is 0 Å². The lowest BCUT2D eigenvalue weighted by atomic mass is 10.1. The van der Waals surface area contributed by atoms with Crippen molar-refractivity contribution < 1.29 is 14.4 Å². The zero-order valence-electron chi connectivity index (χ0n) is 12.8. The van der Waals surface area contributed by atoms with Gasteiger partial charge in [0.1, 0.15) is 30.6 Å². The van der Waals surface area contributed by atoms with Gasteiger partial charge in [0.05, 0.1) is 12.8 Å². The van der Waals surface area contributed by atoms with Crippen molar-refractivity contribution in [1.82, 2.24) is 15.3 Å². The zero-order valence-corrected chi connectivity index (χ0v) is 12.8. The Labute approximate surface area is 133 Å². The second-order valence-corrected chi connectivity index (χ2v) is 4.47. The van der Waals surface area contributed by atoms with E-state index >= 15 is 0 Å². The lowest BCUT2D eigenvalue weighted by Crippen LogP contribution is -2.18. The van der Waals surface area contributed by atoms with Crippen molar-refractivity contribution >= 4 is 17.8 Å². The first-order valence-electron chi connectivity index (χ1n) is 6.78. The van der Waals surface area contributed by atoms with Crippen LogP contribution in [-0.4, -0.2) is 42.7 Å². The van der Waals surface area contributed by atoms with Gasteiger partial charge in [-0.1, -0.05) is 5.16 Å². The molecule has 0 saturated heterocycles. The number of carbonyl (C=O) groups is 1. The molecule has 0 spiro atoms.